The minimum Gasteiger partial charge on any atom is -0.459 e. The van der Waals surface area contributed by atoms with Gasteiger partial charge in [0.2, 0.25) is 0 Å². The summed E-state index contributed by atoms with van der Waals surface area (Å²) < 4.78 is 5.15. The molecule has 1 aliphatic heterocycles. The highest BCUT2D eigenvalue weighted by Crippen LogP contribution is 2.21. The van der Waals surface area contributed by atoms with Crippen LogP contribution in [0.2, 0.25) is 0 Å². The molecule has 0 radical (unpaired) electrons. The molecule has 1 fully saturated rings. The maximum atomic E-state index is 12.7. The molecule has 138 valence electrons. The number of carbonyl (C=O) groups is 2. The van der Waals surface area contributed by atoms with Gasteiger partial charge in [0.15, 0.2) is 10.9 Å². The molecule has 0 bridgehead atoms. The first kappa shape index (κ1) is 17.2. The predicted molar refractivity (Wildman–Crippen MR) is 100 cm³/mol. The number of pyridine rings is 1. The van der Waals surface area contributed by atoms with Crippen LogP contribution in [-0.2, 0) is 0 Å². The van der Waals surface area contributed by atoms with Gasteiger partial charge in [-0.05, 0) is 24.3 Å². The van der Waals surface area contributed by atoms with Crippen molar-refractivity contribution in [2.75, 3.05) is 31.5 Å². The van der Waals surface area contributed by atoms with Crippen LogP contribution in [0.1, 0.15) is 21.0 Å². The quantitative estimate of drug-likeness (QED) is 0.744. The van der Waals surface area contributed by atoms with E-state index in [4.69, 9.17) is 4.42 Å². The van der Waals surface area contributed by atoms with E-state index in [1.54, 1.807) is 39.7 Å². The molecule has 1 aliphatic rings. The second kappa shape index (κ2) is 7.58. The molecule has 1 N–H and O–H groups in total. The Bertz CT molecular complexity index is 918. The number of furan rings is 1. The minimum atomic E-state index is -0.149. The smallest absolute Gasteiger partial charge is 0.289 e. The molecule has 0 spiro atoms. The second-order valence-electron chi connectivity index (χ2n) is 5.97. The minimum absolute atomic E-state index is 0.129. The summed E-state index contributed by atoms with van der Waals surface area (Å²) in [5.41, 5.74) is 1.22. The Morgan fingerprint density at radius 2 is 1.85 bits per heavy atom. The van der Waals surface area contributed by atoms with Crippen molar-refractivity contribution in [1.29, 1.82) is 0 Å². The fraction of sp³-hybridized carbons (Fsp3) is 0.222. The Balaban J connectivity index is 1.35. The van der Waals surface area contributed by atoms with Gasteiger partial charge in [-0.1, -0.05) is 0 Å². The van der Waals surface area contributed by atoms with E-state index < -0.39 is 0 Å². The monoisotopic (exact) mass is 383 g/mol. The molecule has 3 aromatic heterocycles. The van der Waals surface area contributed by atoms with Gasteiger partial charge >= 0.3 is 0 Å². The van der Waals surface area contributed by atoms with Crippen LogP contribution in [-0.4, -0.2) is 57.8 Å². The topological polar surface area (TPSA) is 91.6 Å². The van der Waals surface area contributed by atoms with Gasteiger partial charge in [-0.3, -0.25) is 14.6 Å². The van der Waals surface area contributed by atoms with Crippen LogP contribution in [0.3, 0.4) is 0 Å². The van der Waals surface area contributed by atoms with Gasteiger partial charge in [0.05, 0.1) is 18.1 Å². The van der Waals surface area contributed by atoms with E-state index in [2.05, 4.69) is 15.3 Å². The van der Waals surface area contributed by atoms with Crippen LogP contribution in [0.15, 0.2) is 52.7 Å². The lowest BCUT2D eigenvalue weighted by atomic mass is 10.2. The molecule has 9 heteroatoms. The number of carbonyl (C=O) groups excluding carboxylic acids is 2. The van der Waals surface area contributed by atoms with E-state index in [9.17, 15) is 9.59 Å². The maximum Gasteiger partial charge on any atom is 0.289 e. The lowest BCUT2D eigenvalue weighted by Crippen LogP contribution is -2.50. The third kappa shape index (κ3) is 3.82. The highest BCUT2D eigenvalue weighted by molar-refractivity contribution is 7.14. The molecule has 0 aromatic carbocycles. The normalized spacial score (nSPS) is 14.2. The van der Waals surface area contributed by atoms with Crippen molar-refractivity contribution >= 4 is 34.0 Å². The molecule has 1 saturated heterocycles. The molecule has 8 nitrogen and oxygen atoms in total. The summed E-state index contributed by atoms with van der Waals surface area (Å²) in [6, 6.07) is 7.04. The predicted octanol–water partition coefficient (Wildman–Crippen LogP) is 2.47. The highest BCUT2D eigenvalue weighted by Gasteiger charge is 2.27. The van der Waals surface area contributed by atoms with Crippen LogP contribution in [0, 0.1) is 0 Å². The number of amides is 2. The van der Waals surface area contributed by atoms with Crippen molar-refractivity contribution in [3.63, 3.8) is 0 Å². The number of rotatable bonds is 4. The van der Waals surface area contributed by atoms with Crippen molar-refractivity contribution in [3.05, 3.63) is 59.8 Å². The Morgan fingerprint density at radius 1 is 1.07 bits per heavy atom. The molecule has 0 aliphatic carbocycles. The molecule has 4 rings (SSSR count). The van der Waals surface area contributed by atoms with Gasteiger partial charge < -0.3 is 19.5 Å². The molecule has 0 unspecified atom stereocenters. The summed E-state index contributed by atoms with van der Waals surface area (Å²) in [5.74, 6) is 0.0414. The van der Waals surface area contributed by atoms with Crippen molar-refractivity contribution in [2.45, 2.75) is 0 Å². The summed E-state index contributed by atoms with van der Waals surface area (Å²) in [6.07, 6.45) is 4.86. The first-order chi connectivity index (χ1) is 13.2. The standard InChI is InChI=1S/C18H17N5O3S/c24-16(14-12-27-18(21-14)20-13-3-1-5-19-11-13)22-6-8-23(9-7-22)17(25)15-4-2-10-26-15/h1-5,10-12H,6-9H2,(H,20,21). The summed E-state index contributed by atoms with van der Waals surface area (Å²) in [6.45, 7) is 1.87. The zero-order valence-corrected chi connectivity index (χ0v) is 15.2. The second-order valence-corrected chi connectivity index (χ2v) is 6.82. The van der Waals surface area contributed by atoms with Gasteiger partial charge in [-0.15, -0.1) is 11.3 Å². The molecule has 3 aromatic rings. The van der Waals surface area contributed by atoms with Crippen LogP contribution in [0.5, 0.6) is 0 Å². The van der Waals surface area contributed by atoms with Crippen LogP contribution >= 0.6 is 11.3 Å². The van der Waals surface area contributed by atoms with E-state index in [1.165, 1.54) is 17.6 Å². The number of aromatic nitrogens is 2. The summed E-state index contributed by atoms with van der Waals surface area (Å²) in [5, 5.41) is 5.51. The Hall–Kier alpha value is -3.20. The number of nitrogens with one attached hydrogen (secondary N) is 1. The zero-order valence-electron chi connectivity index (χ0n) is 14.4. The number of piperazine rings is 1. The van der Waals surface area contributed by atoms with Crippen molar-refractivity contribution < 1.29 is 14.0 Å². The average molecular weight is 383 g/mol. The van der Waals surface area contributed by atoms with Crippen molar-refractivity contribution in [2.24, 2.45) is 0 Å². The molecule has 0 atom stereocenters. The van der Waals surface area contributed by atoms with Crippen molar-refractivity contribution in [1.82, 2.24) is 19.8 Å². The Labute approximate surface area is 159 Å². The molecule has 27 heavy (non-hydrogen) atoms. The van der Waals surface area contributed by atoms with Gasteiger partial charge in [0.25, 0.3) is 11.8 Å². The average Bonchev–Trinajstić information content (AvgIpc) is 3.40. The number of anilines is 2. The van der Waals surface area contributed by atoms with E-state index in [0.717, 1.165) is 5.69 Å². The SMILES string of the molecule is O=C(c1csc(Nc2cccnc2)n1)N1CCN(C(=O)c2ccco2)CC1. The van der Waals surface area contributed by atoms with Crippen LogP contribution in [0.25, 0.3) is 0 Å². The lowest BCUT2D eigenvalue weighted by molar-refractivity contribution is 0.0515. The molecule has 0 saturated carbocycles. The van der Waals surface area contributed by atoms with Gasteiger partial charge in [-0.25, -0.2) is 4.98 Å². The first-order valence-corrected chi connectivity index (χ1v) is 9.33. The Morgan fingerprint density at radius 3 is 2.52 bits per heavy atom. The van der Waals surface area contributed by atoms with Crippen LogP contribution < -0.4 is 5.32 Å². The number of thiazole rings is 1. The van der Waals surface area contributed by atoms with E-state index in [1.807, 2.05) is 12.1 Å². The number of hydrogen-bond donors (Lipinski definition) is 1. The van der Waals surface area contributed by atoms with Crippen molar-refractivity contribution in [3.8, 4) is 0 Å². The van der Waals surface area contributed by atoms with Gasteiger partial charge in [0.1, 0.15) is 5.69 Å². The summed E-state index contributed by atoms with van der Waals surface area (Å²) in [7, 11) is 0. The molecule has 4 heterocycles. The van der Waals surface area contributed by atoms with Gasteiger partial charge in [0, 0.05) is 37.8 Å². The third-order valence-corrected chi connectivity index (χ3v) is 4.98. The fourth-order valence-electron chi connectivity index (χ4n) is 2.82. The molecular weight excluding hydrogens is 366 g/mol. The summed E-state index contributed by atoms with van der Waals surface area (Å²) in [4.78, 5) is 36.8. The van der Waals surface area contributed by atoms with Crippen LogP contribution in [0.4, 0.5) is 10.8 Å². The zero-order chi connectivity index (χ0) is 18.6. The summed E-state index contributed by atoms with van der Waals surface area (Å²) >= 11 is 1.37. The maximum absolute atomic E-state index is 12.7. The number of hydrogen-bond acceptors (Lipinski definition) is 7. The van der Waals surface area contributed by atoms with Gasteiger partial charge in [-0.2, -0.15) is 0 Å². The highest BCUT2D eigenvalue weighted by atomic mass is 32.1. The lowest BCUT2D eigenvalue weighted by Gasteiger charge is -2.33. The fourth-order valence-corrected chi connectivity index (χ4v) is 3.52. The van der Waals surface area contributed by atoms with E-state index in [-0.39, 0.29) is 11.8 Å². The Kier molecular flexibility index (Phi) is 4.84. The molecule has 2 amide bonds. The number of nitrogens with zero attached hydrogens (tertiary/aromatic N) is 4. The largest absolute Gasteiger partial charge is 0.459 e. The first-order valence-electron chi connectivity index (χ1n) is 8.45. The molecular formula is C18H17N5O3S. The van der Waals surface area contributed by atoms with E-state index in [0.29, 0.717) is 42.8 Å². The van der Waals surface area contributed by atoms with E-state index >= 15 is 0 Å². The third-order valence-electron chi connectivity index (χ3n) is 4.22.